The highest BCUT2D eigenvalue weighted by Gasteiger charge is 2.34. The lowest BCUT2D eigenvalue weighted by molar-refractivity contribution is -0.126. The van der Waals surface area contributed by atoms with Gasteiger partial charge in [0.2, 0.25) is 26.0 Å². The second kappa shape index (κ2) is 12.4. The van der Waals surface area contributed by atoms with Crippen LogP contribution in [0.2, 0.25) is 0 Å². The Morgan fingerprint density at radius 3 is 2.13 bits per heavy atom. The van der Waals surface area contributed by atoms with Crippen LogP contribution in [-0.4, -0.2) is 71.2 Å². The molecule has 2 aliphatic rings. The quantitative estimate of drug-likeness (QED) is 0.463. The number of nitrogens with zero attached hydrogens (tertiary/aromatic N) is 2. The number of amides is 1. The van der Waals surface area contributed by atoms with E-state index in [-0.39, 0.29) is 35.7 Å². The zero-order chi connectivity index (χ0) is 28.2. The molecular formula is C28H39N3O6S2. The Labute approximate surface area is 232 Å². The van der Waals surface area contributed by atoms with E-state index >= 15 is 0 Å². The number of sulfonamides is 2. The van der Waals surface area contributed by atoms with Gasteiger partial charge in [0.1, 0.15) is 10.6 Å². The summed E-state index contributed by atoms with van der Waals surface area (Å²) in [4.78, 5) is 13.2. The first-order chi connectivity index (χ1) is 18.5. The van der Waals surface area contributed by atoms with E-state index in [1.54, 1.807) is 36.4 Å². The number of carbonyl (C=O) groups excluding carboxylic acids is 1. The van der Waals surface area contributed by atoms with Crippen molar-refractivity contribution in [2.75, 3.05) is 39.8 Å². The fourth-order valence-corrected chi connectivity index (χ4v) is 8.31. The molecule has 9 nitrogen and oxygen atoms in total. The normalized spacial score (nSPS) is 17.9. The zero-order valence-corrected chi connectivity index (χ0v) is 24.6. The van der Waals surface area contributed by atoms with E-state index in [1.807, 2.05) is 19.9 Å². The van der Waals surface area contributed by atoms with Gasteiger partial charge in [-0.1, -0.05) is 32.0 Å². The number of hydrogen-bond acceptors (Lipinski definition) is 6. The lowest BCUT2D eigenvalue weighted by Crippen LogP contribution is -2.43. The minimum absolute atomic E-state index is 0.0836. The summed E-state index contributed by atoms with van der Waals surface area (Å²) in [6.07, 6.45) is 3.26. The molecule has 2 fully saturated rings. The van der Waals surface area contributed by atoms with Gasteiger partial charge in [0.05, 0.1) is 12.0 Å². The summed E-state index contributed by atoms with van der Waals surface area (Å²) in [5.41, 5.74) is 1.86. The number of nitrogens with one attached hydrogen (secondary N) is 1. The van der Waals surface area contributed by atoms with Gasteiger partial charge in [-0.25, -0.2) is 16.8 Å². The van der Waals surface area contributed by atoms with Crippen molar-refractivity contribution in [2.24, 2.45) is 5.92 Å². The van der Waals surface area contributed by atoms with Crippen LogP contribution in [0.1, 0.15) is 56.6 Å². The fraction of sp³-hybridized carbons (Fsp3) is 0.536. The predicted molar refractivity (Wildman–Crippen MR) is 150 cm³/mol. The van der Waals surface area contributed by atoms with Gasteiger partial charge in [-0.15, -0.1) is 0 Å². The van der Waals surface area contributed by atoms with E-state index in [2.05, 4.69) is 5.32 Å². The van der Waals surface area contributed by atoms with Crippen molar-refractivity contribution >= 4 is 26.0 Å². The Morgan fingerprint density at radius 1 is 0.923 bits per heavy atom. The third-order valence-electron chi connectivity index (χ3n) is 7.64. The SMILES string of the molecule is COc1ccc(C(C)C)cc1S(=O)(=O)N1CCC(C(=O)NCCc2ccc(S(=O)(=O)N3CCCC3)cc2)CC1. The summed E-state index contributed by atoms with van der Waals surface area (Å²) >= 11 is 0. The summed E-state index contributed by atoms with van der Waals surface area (Å²) in [6, 6.07) is 12.1. The minimum atomic E-state index is -3.75. The highest BCUT2D eigenvalue weighted by Crippen LogP contribution is 2.32. The summed E-state index contributed by atoms with van der Waals surface area (Å²) in [7, 11) is -5.73. The van der Waals surface area contributed by atoms with Crippen molar-refractivity contribution < 1.29 is 26.4 Å². The minimum Gasteiger partial charge on any atom is -0.495 e. The topological polar surface area (TPSA) is 113 Å². The van der Waals surface area contributed by atoms with Crippen LogP contribution < -0.4 is 10.1 Å². The summed E-state index contributed by atoms with van der Waals surface area (Å²) < 4.78 is 60.5. The number of hydrogen-bond donors (Lipinski definition) is 1. The van der Waals surface area contributed by atoms with E-state index in [0.29, 0.717) is 49.5 Å². The van der Waals surface area contributed by atoms with E-state index in [1.165, 1.54) is 15.7 Å². The molecule has 2 saturated heterocycles. The Bertz CT molecular complexity index is 1360. The van der Waals surface area contributed by atoms with Gasteiger partial charge in [0, 0.05) is 38.6 Å². The van der Waals surface area contributed by atoms with Crippen LogP contribution in [0.15, 0.2) is 52.3 Å². The lowest BCUT2D eigenvalue weighted by atomic mass is 9.97. The summed E-state index contributed by atoms with van der Waals surface area (Å²) in [5, 5.41) is 2.96. The molecule has 39 heavy (non-hydrogen) atoms. The average molecular weight is 578 g/mol. The molecule has 2 heterocycles. The van der Waals surface area contributed by atoms with E-state index in [9.17, 15) is 21.6 Å². The van der Waals surface area contributed by atoms with E-state index in [4.69, 9.17) is 4.74 Å². The molecule has 0 bridgehead atoms. The maximum absolute atomic E-state index is 13.4. The second-order valence-corrected chi connectivity index (χ2v) is 14.4. The maximum atomic E-state index is 13.4. The molecule has 0 aromatic heterocycles. The molecule has 1 amide bonds. The van der Waals surface area contributed by atoms with Crippen LogP contribution in [0.3, 0.4) is 0 Å². The Kier molecular flexibility index (Phi) is 9.36. The number of benzene rings is 2. The molecular weight excluding hydrogens is 538 g/mol. The van der Waals surface area contributed by atoms with Crippen LogP contribution in [-0.2, 0) is 31.3 Å². The third-order valence-corrected chi connectivity index (χ3v) is 11.5. The molecule has 214 valence electrons. The van der Waals surface area contributed by atoms with Gasteiger partial charge in [0.25, 0.3) is 0 Å². The molecule has 2 aromatic rings. The monoisotopic (exact) mass is 577 g/mol. The van der Waals surface area contributed by atoms with Crippen LogP contribution in [0.25, 0.3) is 0 Å². The number of ether oxygens (including phenoxy) is 1. The molecule has 0 saturated carbocycles. The first-order valence-electron chi connectivity index (χ1n) is 13.6. The van der Waals surface area contributed by atoms with Crippen molar-refractivity contribution in [3.8, 4) is 5.75 Å². The largest absolute Gasteiger partial charge is 0.495 e. The number of rotatable bonds is 10. The highest BCUT2D eigenvalue weighted by molar-refractivity contribution is 7.89. The molecule has 0 spiro atoms. The molecule has 1 N–H and O–H groups in total. The first kappa shape index (κ1) is 29.5. The zero-order valence-electron chi connectivity index (χ0n) is 22.9. The van der Waals surface area contributed by atoms with Gasteiger partial charge in [-0.2, -0.15) is 8.61 Å². The molecule has 4 rings (SSSR count). The summed E-state index contributed by atoms with van der Waals surface area (Å²) in [6.45, 7) is 6.12. The Balaban J connectivity index is 1.28. The summed E-state index contributed by atoms with van der Waals surface area (Å²) in [5.74, 6) is 0.161. The van der Waals surface area contributed by atoms with Crippen molar-refractivity contribution in [1.82, 2.24) is 13.9 Å². The van der Waals surface area contributed by atoms with Crippen LogP contribution in [0, 0.1) is 5.92 Å². The third kappa shape index (κ3) is 6.65. The van der Waals surface area contributed by atoms with Gasteiger partial charge in [0.15, 0.2) is 0 Å². The van der Waals surface area contributed by atoms with Crippen molar-refractivity contribution in [2.45, 2.75) is 61.7 Å². The Hall–Kier alpha value is -2.47. The molecule has 11 heteroatoms. The van der Waals surface area contributed by atoms with Crippen LogP contribution in [0.4, 0.5) is 0 Å². The van der Waals surface area contributed by atoms with Crippen LogP contribution in [0.5, 0.6) is 5.75 Å². The number of methoxy groups -OCH3 is 1. The standard InChI is InChI=1S/C28H39N3O6S2/c1-21(2)24-8-11-26(37-3)27(20-24)39(35,36)31-18-13-23(14-19-31)28(32)29-15-12-22-6-9-25(10-7-22)38(33,34)30-16-4-5-17-30/h6-11,20-21,23H,4-5,12-19H2,1-3H3,(H,29,32). The highest BCUT2D eigenvalue weighted by atomic mass is 32.2. The molecule has 0 unspecified atom stereocenters. The molecule has 0 aliphatic carbocycles. The van der Waals surface area contributed by atoms with Gasteiger partial charge in [-0.3, -0.25) is 4.79 Å². The molecule has 2 aliphatic heterocycles. The van der Waals surface area contributed by atoms with Gasteiger partial charge >= 0.3 is 0 Å². The molecule has 0 atom stereocenters. The Morgan fingerprint density at radius 2 is 1.54 bits per heavy atom. The smallest absolute Gasteiger partial charge is 0.246 e. The number of carbonyl (C=O) groups is 1. The van der Waals surface area contributed by atoms with Crippen molar-refractivity contribution in [3.05, 3.63) is 53.6 Å². The van der Waals surface area contributed by atoms with Gasteiger partial charge < -0.3 is 10.1 Å². The van der Waals surface area contributed by atoms with Gasteiger partial charge in [-0.05, 0) is 73.4 Å². The van der Waals surface area contributed by atoms with Crippen molar-refractivity contribution in [3.63, 3.8) is 0 Å². The predicted octanol–water partition coefficient (Wildman–Crippen LogP) is 3.36. The maximum Gasteiger partial charge on any atom is 0.246 e. The lowest BCUT2D eigenvalue weighted by Gasteiger charge is -2.31. The van der Waals surface area contributed by atoms with E-state index in [0.717, 1.165) is 24.0 Å². The second-order valence-electron chi connectivity index (χ2n) is 10.5. The fourth-order valence-electron chi connectivity index (χ4n) is 5.13. The van der Waals surface area contributed by atoms with Crippen LogP contribution >= 0.6 is 0 Å². The molecule has 0 radical (unpaired) electrons. The number of piperidine rings is 1. The average Bonchev–Trinajstić information content (AvgIpc) is 3.49. The van der Waals surface area contributed by atoms with Crippen molar-refractivity contribution in [1.29, 1.82) is 0 Å². The van der Waals surface area contributed by atoms with E-state index < -0.39 is 20.0 Å². The molecule has 2 aromatic carbocycles. The first-order valence-corrected chi connectivity index (χ1v) is 16.5.